The molecule has 184 valence electrons. The summed E-state index contributed by atoms with van der Waals surface area (Å²) in [5.74, 6) is 0.524. The predicted molar refractivity (Wildman–Crippen MR) is 128 cm³/mol. The molecule has 9 nitrogen and oxygen atoms in total. The van der Waals surface area contributed by atoms with Gasteiger partial charge >= 0.3 is 6.09 Å². The minimum absolute atomic E-state index is 0.0945. The summed E-state index contributed by atoms with van der Waals surface area (Å²) in [6.07, 6.45) is -0.495. The molecule has 0 spiro atoms. The van der Waals surface area contributed by atoms with Crippen LogP contribution in [0.2, 0.25) is 0 Å². The number of ether oxygens (including phenoxy) is 3. The first-order valence-corrected chi connectivity index (χ1v) is 10.8. The van der Waals surface area contributed by atoms with Crippen LogP contribution in [0.4, 0.5) is 4.79 Å². The van der Waals surface area contributed by atoms with Crippen LogP contribution in [-0.2, 0) is 22.6 Å². The van der Waals surface area contributed by atoms with Gasteiger partial charge in [0.05, 0.1) is 7.11 Å². The van der Waals surface area contributed by atoms with Crippen molar-refractivity contribution in [3.63, 3.8) is 0 Å². The lowest BCUT2D eigenvalue weighted by atomic mass is 10.1. The van der Waals surface area contributed by atoms with Crippen LogP contribution in [0.1, 0.15) is 42.3 Å². The van der Waals surface area contributed by atoms with E-state index in [1.165, 1.54) is 12.0 Å². The number of nitrogens with zero attached hydrogens (tertiary/aromatic N) is 1. The van der Waals surface area contributed by atoms with Gasteiger partial charge in [-0.05, 0) is 56.2 Å². The first kappa shape index (κ1) is 26.5. The highest BCUT2D eigenvalue weighted by Gasteiger charge is 2.16. The van der Waals surface area contributed by atoms with Crippen LogP contribution in [-0.4, -0.2) is 56.2 Å². The van der Waals surface area contributed by atoms with Gasteiger partial charge in [-0.25, -0.2) is 4.79 Å². The van der Waals surface area contributed by atoms with E-state index in [9.17, 15) is 14.4 Å². The molecule has 0 unspecified atom stereocenters. The lowest BCUT2D eigenvalue weighted by Crippen LogP contribution is -2.32. The molecule has 0 saturated heterocycles. The molecule has 2 aromatic rings. The van der Waals surface area contributed by atoms with Crippen molar-refractivity contribution in [1.29, 1.82) is 0 Å². The Kier molecular flexibility index (Phi) is 9.29. The van der Waals surface area contributed by atoms with Gasteiger partial charge in [0.15, 0.2) is 18.1 Å². The number of amides is 3. The maximum atomic E-state index is 12.5. The minimum Gasteiger partial charge on any atom is -0.493 e. The Balaban J connectivity index is 1.89. The van der Waals surface area contributed by atoms with Gasteiger partial charge in [-0.2, -0.15) is 0 Å². The van der Waals surface area contributed by atoms with Crippen LogP contribution < -0.4 is 20.1 Å². The molecule has 0 aliphatic carbocycles. The SMILES string of the molecule is COc1cc(CNC(=O)c2ccc(CNC(=O)OC(C)(C)C)cc2)ccc1OCC(=O)N(C)C. The highest BCUT2D eigenvalue weighted by molar-refractivity contribution is 5.94. The van der Waals surface area contributed by atoms with Crippen molar-refractivity contribution in [2.75, 3.05) is 27.8 Å². The fourth-order valence-electron chi connectivity index (χ4n) is 2.76. The molecule has 9 heteroatoms. The number of benzene rings is 2. The first-order chi connectivity index (χ1) is 16.0. The normalized spacial score (nSPS) is 10.8. The minimum atomic E-state index is -0.561. The van der Waals surface area contributed by atoms with Crippen molar-refractivity contribution in [3.05, 3.63) is 59.2 Å². The number of hydrogen-bond donors (Lipinski definition) is 2. The Morgan fingerprint density at radius 1 is 0.882 bits per heavy atom. The maximum Gasteiger partial charge on any atom is 0.407 e. The van der Waals surface area contributed by atoms with Gasteiger partial charge in [-0.3, -0.25) is 9.59 Å². The summed E-state index contributed by atoms with van der Waals surface area (Å²) in [4.78, 5) is 37.4. The Morgan fingerprint density at radius 2 is 1.50 bits per heavy atom. The van der Waals surface area contributed by atoms with E-state index in [2.05, 4.69) is 10.6 Å². The number of likely N-dealkylation sites (N-methyl/N-ethyl adjacent to an activating group) is 1. The molecule has 0 aliphatic heterocycles. The third kappa shape index (κ3) is 8.65. The van der Waals surface area contributed by atoms with E-state index < -0.39 is 11.7 Å². The van der Waals surface area contributed by atoms with Crippen LogP contribution in [0.5, 0.6) is 11.5 Å². The monoisotopic (exact) mass is 471 g/mol. The number of carbonyl (C=O) groups is 3. The Morgan fingerprint density at radius 3 is 2.09 bits per heavy atom. The zero-order valence-corrected chi connectivity index (χ0v) is 20.6. The van der Waals surface area contributed by atoms with Crippen molar-refractivity contribution in [2.45, 2.75) is 39.5 Å². The molecule has 2 N–H and O–H groups in total. The van der Waals surface area contributed by atoms with Crippen molar-refractivity contribution < 1.29 is 28.6 Å². The summed E-state index contributed by atoms with van der Waals surface area (Å²) in [5, 5.41) is 5.54. The second kappa shape index (κ2) is 11.9. The summed E-state index contributed by atoms with van der Waals surface area (Å²) >= 11 is 0. The molecule has 0 aliphatic rings. The summed E-state index contributed by atoms with van der Waals surface area (Å²) in [5.41, 5.74) is 1.59. The largest absolute Gasteiger partial charge is 0.493 e. The quantitative estimate of drug-likeness (QED) is 0.582. The van der Waals surface area contributed by atoms with E-state index in [-0.39, 0.29) is 25.0 Å². The van der Waals surface area contributed by atoms with Gasteiger partial charge in [0, 0.05) is 32.7 Å². The molecule has 2 rings (SSSR count). The highest BCUT2D eigenvalue weighted by Crippen LogP contribution is 2.28. The molecule has 0 aromatic heterocycles. The van der Waals surface area contributed by atoms with E-state index in [1.807, 2.05) is 0 Å². The summed E-state index contributed by atoms with van der Waals surface area (Å²) < 4.78 is 16.1. The van der Waals surface area contributed by atoms with Crippen LogP contribution in [0.15, 0.2) is 42.5 Å². The summed E-state index contributed by atoms with van der Waals surface area (Å²) in [7, 11) is 4.82. The van der Waals surface area contributed by atoms with Crippen LogP contribution in [0.3, 0.4) is 0 Å². The van der Waals surface area contributed by atoms with Crippen molar-refractivity contribution >= 4 is 17.9 Å². The van der Waals surface area contributed by atoms with Crippen LogP contribution in [0, 0.1) is 0 Å². The van der Waals surface area contributed by atoms with Crippen LogP contribution in [0.25, 0.3) is 0 Å². The standard InChI is InChI=1S/C25H33N3O6/c1-25(2,3)34-24(31)27-14-17-7-10-19(11-8-17)23(30)26-15-18-9-12-20(21(13-18)32-6)33-16-22(29)28(4)5/h7-13H,14-16H2,1-6H3,(H,26,30)(H,27,31). The second-order valence-electron chi connectivity index (χ2n) is 8.80. The lowest BCUT2D eigenvalue weighted by molar-refractivity contribution is -0.130. The van der Waals surface area contributed by atoms with Crippen LogP contribution >= 0.6 is 0 Å². The zero-order chi connectivity index (χ0) is 25.3. The molecule has 0 atom stereocenters. The molecule has 0 fully saturated rings. The van der Waals surface area contributed by atoms with E-state index >= 15 is 0 Å². The molecular formula is C25H33N3O6. The number of nitrogens with one attached hydrogen (secondary N) is 2. The van der Waals surface area contributed by atoms with E-state index in [0.29, 0.717) is 23.6 Å². The fraction of sp³-hybridized carbons (Fsp3) is 0.400. The zero-order valence-electron chi connectivity index (χ0n) is 20.6. The topological polar surface area (TPSA) is 106 Å². The molecule has 0 radical (unpaired) electrons. The highest BCUT2D eigenvalue weighted by atomic mass is 16.6. The van der Waals surface area contributed by atoms with Gasteiger partial charge in [-0.1, -0.05) is 18.2 Å². The lowest BCUT2D eigenvalue weighted by Gasteiger charge is -2.19. The molecule has 2 aromatic carbocycles. The molecule has 0 saturated carbocycles. The van der Waals surface area contributed by atoms with Crippen molar-refractivity contribution in [3.8, 4) is 11.5 Å². The van der Waals surface area contributed by atoms with E-state index in [4.69, 9.17) is 14.2 Å². The average Bonchev–Trinajstić information content (AvgIpc) is 2.78. The van der Waals surface area contributed by atoms with Gasteiger partial charge in [0.1, 0.15) is 5.60 Å². The molecular weight excluding hydrogens is 438 g/mol. The Labute approximate surface area is 200 Å². The third-order valence-electron chi connectivity index (χ3n) is 4.58. The number of hydrogen-bond acceptors (Lipinski definition) is 6. The van der Waals surface area contributed by atoms with E-state index in [1.54, 1.807) is 77.3 Å². The van der Waals surface area contributed by atoms with Gasteiger partial charge in [0.2, 0.25) is 0 Å². The number of alkyl carbamates (subject to hydrolysis) is 1. The van der Waals surface area contributed by atoms with Crippen molar-refractivity contribution in [1.82, 2.24) is 15.5 Å². The third-order valence-corrected chi connectivity index (χ3v) is 4.58. The first-order valence-electron chi connectivity index (χ1n) is 10.8. The molecule has 0 bridgehead atoms. The smallest absolute Gasteiger partial charge is 0.407 e. The van der Waals surface area contributed by atoms with Gasteiger partial charge < -0.3 is 29.7 Å². The molecule has 3 amide bonds. The Bertz CT molecular complexity index is 997. The number of methoxy groups -OCH3 is 1. The molecule has 0 heterocycles. The number of carbonyl (C=O) groups excluding carboxylic acids is 3. The fourth-order valence-corrected chi connectivity index (χ4v) is 2.76. The van der Waals surface area contributed by atoms with Gasteiger partial charge in [0.25, 0.3) is 11.8 Å². The second-order valence-corrected chi connectivity index (χ2v) is 8.80. The number of rotatable bonds is 9. The van der Waals surface area contributed by atoms with Gasteiger partial charge in [-0.15, -0.1) is 0 Å². The predicted octanol–water partition coefficient (Wildman–Crippen LogP) is 3.12. The van der Waals surface area contributed by atoms with E-state index in [0.717, 1.165) is 11.1 Å². The summed E-state index contributed by atoms with van der Waals surface area (Å²) in [6, 6.07) is 12.2. The average molecular weight is 472 g/mol. The Hall–Kier alpha value is -3.75. The van der Waals surface area contributed by atoms with Crippen molar-refractivity contribution in [2.24, 2.45) is 0 Å². The summed E-state index contributed by atoms with van der Waals surface area (Å²) in [6.45, 7) is 5.88. The molecule has 34 heavy (non-hydrogen) atoms. The maximum absolute atomic E-state index is 12.5.